The van der Waals surface area contributed by atoms with Crippen LogP contribution in [0.25, 0.3) is 0 Å². The van der Waals surface area contributed by atoms with Crippen LogP contribution in [0.1, 0.15) is 61.0 Å². The Morgan fingerprint density at radius 3 is 1.70 bits per heavy atom. The first-order valence-electron chi connectivity index (χ1n) is 13.4. The van der Waals surface area contributed by atoms with Gasteiger partial charge < -0.3 is 29.6 Å². The molecule has 0 radical (unpaired) electrons. The normalized spacial score (nSPS) is 12.6. The SMILES string of the molecule is COC(=O)CNC(=O)/C(NC(=O)OC(C)(C)C)=C(\NC(=O)OC(C)(C)C)C(=O)N[C@H](C(=O)OCc1ccccc1)C(C)C. The van der Waals surface area contributed by atoms with Gasteiger partial charge in [0.15, 0.2) is 0 Å². The van der Waals surface area contributed by atoms with Crippen molar-refractivity contribution in [2.45, 2.75) is 79.2 Å². The Kier molecular flexibility index (Phi) is 13.7. The minimum atomic E-state index is -1.24. The van der Waals surface area contributed by atoms with E-state index in [1.807, 2.05) is 0 Å². The smallest absolute Gasteiger partial charge is 0.412 e. The first-order chi connectivity index (χ1) is 19.8. The molecule has 238 valence electrons. The fourth-order valence-electron chi connectivity index (χ4n) is 3.12. The van der Waals surface area contributed by atoms with Gasteiger partial charge >= 0.3 is 24.1 Å². The molecule has 0 unspecified atom stereocenters. The predicted molar refractivity (Wildman–Crippen MR) is 154 cm³/mol. The van der Waals surface area contributed by atoms with E-state index in [4.69, 9.17) is 14.2 Å². The molecule has 0 fully saturated rings. The molecule has 43 heavy (non-hydrogen) atoms. The predicted octanol–water partition coefficient (Wildman–Crippen LogP) is 2.42. The maximum absolute atomic E-state index is 13.6. The molecule has 0 aliphatic rings. The van der Waals surface area contributed by atoms with Crippen molar-refractivity contribution >= 4 is 35.9 Å². The zero-order chi connectivity index (χ0) is 33.0. The highest BCUT2D eigenvalue weighted by molar-refractivity contribution is 6.08. The molecule has 1 aromatic rings. The van der Waals surface area contributed by atoms with Gasteiger partial charge in [-0.2, -0.15) is 0 Å². The van der Waals surface area contributed by atoms with Gasteiger partial charge in [-0.3, -0.25) is 25.0 Å². The fraction of sp³-hybridized carbons (Fsp3) is 0.517. The summed E-state index contributed by atoms with van der Waals surface area (Å²) in [6, 6.07) is 7.61. The van der Waals surface area contributed by atoms with Crippen LogP contribution < -0.4 is 21.3 Å². The molecule has 14 heteroatoms. The summed E-state index contributed by atoms with van der Waals surface area (Å²) in [6.45, 7) is 12.0. The zero-order valence-electron chi connectivity index (χ0n) is 26.0. The van der Waals surface area contributed by atoms with Crippen molar-refractivity contribution in [3.05, 3.63) is 47.3 Å². The van der Waals surface area contributed by atoms with Crippen molar-refractivity contribution < 1.29 is 47.7 Å². The largest absolute Gasteiger partial charge is 0.468 e. The average molecular weight is 607 g/mol. The van der Waals surface area contributed by atoms with Crippen LogP contribution >= 0.6 is 0 Å². The van der Waals surface area contributed by atoms with Crippen LogP contribution in [0.2, 0.25) is 0 Å². The molecule has 0 saturated heterocycles. The summed E-state index contributed by atoms with van der Waals surface area (Å²) >= 11 is 0. The van der Waals surface area contributed by atoms with E-state index in [0.29, 0.717) is 5.56 Å². The molecular formula is C29H42N4O10. The molecule has 0 spiro atoms. The molecular weight excluding hydrogens is 564 g/mol. The number of benzene rings is 1. The molecule has 4 amide bonds. The monoisotopic (exact) mass is 606 g/mol. The minimum absolute atomic E-state index is 0.0704. The second-order valence-electron chi connectivity index (χ2n) is 11.6. The summed E-state index contributed by atoms with van der Waals surface area (Å²) < 4.78 is 20.3. The Morgan fingerprint density at radius 2 is 1.26 bits per heavy atom. The first kappa shape index (κ1) is 36.4. The Bertz CT molecular complexity index is 1200. The van der Waals surface area contributed by atoms with Crippen LogP contribution in [0.3, 0.4) is 0 Å². The van der Waals surface area contributed by atoms with Gasteiger partial charge in [0.1, 0.15) is 41.8 Å². The van der Waals surface area contributed by atoms with Crippen molar-refractivity contribution in [1.29, 1.82) is 0 Å². The van der Waals surface area contributed by atoms with Gasteiger partial charge in [0.2, 0.25) is 0 Å². The molecule has 0 saturated carbocycles. The summed E-state index contributed by atoms with van der Waals surface area (Å²) in [6.07, 6.45) is -2.32. The number of rotatable bonds is 11. The van der Waals surface area contributed by atoms with E-state index in [1.165, 1.54) is 0 Å². The highest BCUT2D eigenvalue weighted by Crippen LogP contribution is 2.13. The van der Waals surface area contributed by atoms with E-state index < -0.39 is 77.0 Å². The number of nitrogens with one attached hydrogen (secondary N) is 4. The summed E-state index contributed by atoms with van der Waals surface area (Å²) in [5.41, 5.74) is -2.92. The maximum Gasteiger partial charge on any atom is 0.412 e. The number of ether oxygens (including phenoxy) is 4. The van der Waals surface area contributed by atoms with Crippen molar-refractivity contribution in [3.63, 3.8) is 0 Å². The van der Waals surface area contributed by atoms with E-state index in [2.05, 4.69) is 26.0 Å². The van der Waals surface area contributed by atoms with Crippen LogP contribution in [-0.4, -0.2) is 66.8 Å². The summed E-state index contributed by atoms with van der Waals surface area (Å²) in [7, 11) is 1.09. The number of amides is 4. The topological polar surface area (TPSA) is 187 Å². The fourth-order valence-corrected chi connectivity index (χ4v) is 3.12. The maximum atomic E-state index is 13.6. The van der Waals surface area contributed by atoms with Crippen LogP contribution in [0.15, 0.2) is 41.7 Å². The Balaban J connectivity index is 3.53. The van der Waals surface area contributed by atoms with Gasteiger partial charge in [-0.1, -0.05) is 44.2 Å². The quantitative estimate of drug-likeness (QED) is 0.165. The molecule has 1 rings (SSSR count). The number of hydrogen-bond acceptors (Lipinski definition) is 10. The van der Waals surface area contributed by atoms with Gasteiger partial charge in [-0.15, -0.1) is 0 Å². The lowest BCUT2D eigenvalue weighted by molar-refractivity contribution is -0.150. The van der Waals surface area contributed by atoms with E-state index in [1.54, 1.807) is 85.7 Å². The molecule has 0 aromatic heterocycles. The van der Waals surface area contributed by atoms with E-state index in [-0.39, 0.29) is 6.61 Å². The molecule has 1 aromatic carbocycles. The van der Waals surface area contributed by atoms with Gasteiger partial charge in [-0.05, 0) is 53.0 Å². The average Bonchev–Trinajstić information content (AvgIpc) is 2.88. The number of methoxy groups -OCH3 is 1. The van der Waals surface area contributed by atoms with Gasteiger partial charge in [0, 0.05) is 0 Å². The lowest BCUT2D eigenvalue weighted by atomic mass is 10.0. The van der Waals surface area contributed by atoms with E-state index in [0.717, 1.165) is 7.11 Å². The van der Waals surface area contributed by atoms with Crippen LogP contribution in [0.5, 0.6) is 0 Å². The second kappa shape index (κ2) is 16.1. The Morgan fingerprint density at radius 1 is 0.767 bits per heavy atom. The third kappa shape index (κ3) is 14.2. The molecule has 4 N–H and O–H groups in total. The molecule has 0 bridgehead atoms. The summed E-state index contributed by atoms with van der Waals surface area (Å²) in [5.74, 6) is -4.45. The minimum Gasteiger partial charge on any atom is -0.468 e. The van der Waals surface area contributed by atoms with Gasteiger partial charge in [0.05, 0.1) is 7.11 Å². The lowest BCUT2D eigenvalue weighted by Gasteiger charge is -2.25. The number of alkyl carbamates (subject to hydrolysis) is 2. The standard InChI is InChI=1S/C29H42N4O10/c1-17(2)20(25(37)41-16-18-13-11-10-12-14-18)31-24(36)22(33-27(39)43-29(6,7)8)21(23(35)30-15-19(34)40-9)32-26(38)42-28(3,4)5/h10-14,17,20H,15-16H2,1-9H3,(H,30,35)(H,31,36)(H,32,38)(H,33,39)/b22-21+/t20-/m0/s1. The van der Waals surface area contributed by atoms with Crippen LogP contribution in [0, 0.1) is 5.92 Å². The van der Waals surface area contributed by atoms with Gasteiger partial charge in [-0.25, -0.2) is 14.4 Å². The molecule has 0 aliphatic heterocycles. The highest BCUT2D eigenvalue weighted by atomic mass is 16.6. The van der Waals surface area contributed by atoms with Crippen molar-refractivity contribution in [1.82, 2.24) is 21.3 Å². The van der Waals surface area contributed by atoms with Crippen molar-refractivity contribution in [2.24, 2.45) is 5.92 Å². The number of carbonyl (C=O) groups excluding carboxylic acids is 6. The van der Waals surface area contributed by atoms with Gasteiger partial charge in [0.25, 0.3) is 11.8 Å². The van der Waals surface area contributed by atoms with Crippen LogP contribution in [0.4, 0.5) is 9.59 Å². The van der Waals surface area contributed by atoms with Crippen LogP contribution in [-0.2, 0) is 44.7 Å². The Hall–Kier alpha value is -4.62. The Labute approximate surface area is 251 Å². The number of hydrogen-bond donors (Lipinski definition) is 4. The van der Waals surface area contributed by atoms with E-state index in [9.17, 15) is 28.8 Å². The summed E-state index contributed by atoms with van der Waals surface area (Å²) in [4.78, 5) is 76.9. The molecule has 1 atom stereocenters. The number of esters is 2. The lowest BCUT2D eigenvalue weighted by Crippen LogP contribution is -2.50. The zero-order valence-corrected chi connectivity index (χ0v) is 26.0. The molecule has 0 aliphatic carbocycles. The first-order valence-corrected chi connectivity index (χ1v) is 13.4. The highest BCUT2D eigenvalue weighted by Gasteiger charge is 2.33. The third-order valence-corrected chi connectivity index (χ3v) is 5.01. The molecule has 14 nitrogen and oxygen atoms in total. The van der Waals surface area contributed by atoms with Crippen molar-refractivity contribution in [3.8, 4) is 0 Å². The third-order valence-electron chi connectivity index (χ3n) is 5.01. The van der Waals surface area contributed by atoms with Crippen molar-refractivity contribution in [2.75, 3.05) is 13.7 Å². The summed E-state index contributed by atoms with van der Waals surface area (Å²) in [5, 5.41) is 8.96. The molecule has 0 heterocycles. The van der Waals surface area contributed by atoms with E-state index >= 15 is 0 Å². The second-order valence-corrected chi connectivity index (χ2v) is 11.6. The number of carbonyl (C=O) groups is 6.